The second-order valence-corrected chi connectivity index (χ2v) is 7.38. The van der Waals surface area contributed by atoms with Crippen molar-refractivity contribution in [3.05, 3.63) is 41.4 Å². The summed E-state index contributed by atoms with van der Waals surface area (Å²) in [4.78, 5) is 13.2. The van der Waals surface area contributed by atoms with Crippen LogP contribution in [0.5, 0.6) is 0 Å². The van der Waals surface area contributed by atoms with Crippen molar-refractivity contribution < 1.29 is 9.90 Å². The summed E-state index contributed by atoms with van der Waals surface area (Å²) in [5.41, 5.74) is 0. The molecule has 0 aromatic heterocycles. The van der Waals surface area contributed by atoms with Crippen molar-refractivity contribution in [3.63, 3.8) is 0 Å². The fraction of sp³-hybridized carbons (Fsp3) is 0.389. The minimum absolute atomic E-state index is 0.0421. The van der Waals surface area contributed by atoms with Crippen LogP contribution in [0.25, 0.3) is 10.8 Å². The van der Waals surface area contributed by atoms with E-state index in [1.165, 1.54) is 11.8 Å². The van der Waals surface area contributed by atoms with Gasteiger partial charge in [0.05, 0.1) is 11.9 Å². The largest absolute Gasteiger partial charge is 0.393 e. The molecule has 0 unspecified atom stereocenters. The second kappa shape index (κ2) is 7.56. The van der Waals surface area contributed by atoms with Crippen LogP contribution in [0, 0.1) is 0 Å². The number of rotatable bonds is 4. The van der Waals surface area contributed by atoms with Crippen molar-refractivity contribution in [3.8, 4) is 0 Å². The lowest BCUT2D eigenvalue weighted by molar-refractivity contribution is -0.119. The molecule has 3 rings (SSSR count). The number of hydrogen-bond acceptors (Lipinski definition) is 3. The second-order valence-electron chi connectivity index (χ2n) is 5.96. The third-order valence-electron chi connectivity index (χ3n) is 4.24. The van der Waals surface area contributed by atoms with Gasteiger partial charge in [0.25, 0.3) is 0 Å². The maximum Gasteiger partial charge on any atom is 0.230 e. The smallest absolute Gasteiger partial charge is 0.230 e. The first kappa shape index (κ1) is 16.6. The fourth-order valence-corrected chi connectivity index (χ4v) is 4.27. The minimum atomic E-state index is -0.199. The number of nitrogens with one attached hydrogen (secondary N) is 1. The molecule has 2 N–H and O–H groups in total. The molecule has 0 saturated heterocycles. The number of fused-ring (bicyclic) bond motifs is 1. The number of carbonyl (C=O) groups excluding carboxylic acids is 1. The topological polar surface area (TPSA) is 49.3 Å². The van der Waals surface area contributed by atoms with Gasteiger partial charge < -0.3 is 10.4 Å². The third kappa shape index (κ3) is 4.19. The van der Waals surface area contributed by atoms with Crippen LogP contribution in [0.3, 0.4) is 0 Å². The Hall–Kier alpha value is -1.23. The molecule has 0 aliphatic heterocycles. The molecular formula is C18H20ClNO2S. The van der Waals surface area contributed by atoms with Crippen molar-refractivity contribution in [2.24, 2.45) is 0 Å². The van der Waals surface area contributed by atoms with Gasteiger partial charge in [-0.25, -0.2) is 0 Å². The van der Waals surface area contributed by atoms with Gasteiger partial charge in [-0.05, 0) is 43.2 Å². The molecule has 1 aliphatic rings. The minimum Gasteiger partial charge on any atom is -0.393 e. The van der Waals surface area contributed by atoms with Crippen LogP contribution in [-0.2, 0) is 4.79 Å². The van der Waals surface area contributed by atoms with Crippen LogP contribution in [0.4, 0.5) is 0 Å². The Balaban J connectivity index is 1.61. The van der Waals surface area contributed by atoms with Gasteiger partial charge in [-0.3, -0.25) is 4.79 Å². The Morgan fingerprint density at radius 2 is 1.87 bits per heavy atom. The average molecular weight is 350 g/mol. The van der Waals surface area contributed by atoms with Crippen molar-refractivity contribution in [1.29, 1.82) is 0 Å². The molecule has 0 radical (unpaired) electrons. The van der Waals surface area contributed by atoms with E-state index in [0.717, 1.165) is 41.4 Å². The predicted octanol–water partition coefficient (Wildman–Crippen LogP) is 4.01. The van der Waals surface area contributed by atoms with Gasteiger partial charge in [0.1, 0.15) is 0 Å². The van der Waals surface area contributed by atoms with E-state index in [4.69, 9.17) is 11.6 Å². The number of aliphatic hydroxyl groups is 1. The molecule has 23 heavy (non-hydrogen) atoms. The third-order valence-corrected chi connectivity index (χ3v) is 5.61. The van der Waals surface area contributed by atoms with Crippen LogP contribution in [0.1, 0.15) is 25.7 Å². The van der Waals surface area contributed by atoms with E-state index in [1.807, 2.05) is 36.4 Å². The summed E-state index contributed by atoms with van der Waals surface area (Å²) >= 11 is 7.82. The van der Waals surface area contributed by atoms with Gasteiger partial charge in [-0.2, -0.15) is 0 Å². The molecule has 2 aromatic rings. The Kier molecular flexibility index (Phi) is 5.46. The molecule has 1 aliphatic carbocycles. The number of hydrogen-bond donors (Lipinski definition) is 2. The Labute approximate surface area is 145 Å². The molecule has 1 fully saturated rings. The van der Waals surface area contributed by atoms with E-state index in [-0.39, 0.29) is 18.1 Å². The molecule has 5 heteroatoms. The SMILES string of the molecule is O=C(CSc1cccc2cccc(Cl)c12)NC1CCC(O)CC1. The maximum absolute atomic E-state index is 12.2. The zero-order valence-corrected chi connectivity index (χ0v) is 14.4. The number of amides is 1. The molecule has 0 heterocycles. The lowest BCUT2D eigenvalue weighted by Crippen LogP contribution is -2.39. The quantitative estimate of drug-likeness (QED) is 0.820. The van der Waals surface area contributed by atoms with Gasteiger partial charge in [0.2, 0.25) is 5.91 Å². The van der Waals surface area contributed by atoms with E-state index in [0.29, 0.717) is 10.8 Å². The molecule has 0 atom stereocenters. The number of benzene rings is 2. The van der Waals surface area contributed by atoms with Crippen LogP contribution in [0.15, 0.2) is 41.3 Å². The lowest BCUT2D eigenvalue weighted by atomic mass is 9.93. The van der Waals surface area contributed by atoms with Crippen LogP contribution in [-0.4, -0.2) is 28.9 Å². The lowest BCUT2D eigenvalue weighted by Gasteiger charge is -2.26. The molecular weight excluding hydrogens is 330 g/mol. The normalized spacial score (nSPS) is 21.3. The van der Waals surface area contributed by atoms with E-state index >= 15 is 0 Å². The molecule has 122 valence electrons. The summed E-state index contributed by atoms with van der Waals surface area (Å²) in [7, 11) is 0. The molecule has 1 saturated carbocycles. The van der Waals surface area contributed by atoms with Crippen molar-refractivity contribution in [1.82, 2.24) is 5.32 Å². The summed E-state index contributed by atoms with van der Waals surface area (Å²) < 4.78 is 0. The summed E-state index contributed by atoms with van der Waals surface area (Å²) in [5.74, 6) is 0.420. The van der Waals surface area contributed by atoms with Gasteiger partial charge in [-0.1, -0.05) is 35.9 Å². The predicted molar refractivity (Wildman–Crippen MR) is 96.1 cm³/mol. The first-order chi connectivity index (χ1) is 11.1. The van der Waals surface area contributed by atoms with E-state index in [2.05, 4.69) is 5.32 Å². The van der Waals surface area contributed by atoms with Crippen molar-refractivity contribution in [2.75, 3.05) is 5.75 Å². The van der Waals surface area contributed by atoms with Gasteiger partial charge in [0, 0.05) is 21.3 Å². The Bertz CT molecular complexity index is 693. The number of thioether (sulfide) groups is 1. The number of carbonyl (C=O) groups is 1. The molecule has 0 bridgehead atoms. The highest BCUT2D eigenvalue weighted by Crippen LogP contribution is 2.33. The van der Waals surface area contributed by atoms with E-state index in [9.17, 15) is 9.90 Å². The fourth-order valence-electron chi connectivity index (χ4n) is 3.02. The highest BCUT2D eigenvalue weighted by Gasteiger charge is 2.20. The van der Waals surface area contributed by atoms with Crippen LogP contribution < -0.4 is 5.32 Å². The van der Waals surface area contributed by atoms with E-state index in [1.54, 1.807) is 0 Å². The number of halogens is 1. The zero-order valence-electron chi connectivity index (χ0n) is 12.8. The standard InChI is InChI=1S/C18H20ClNO2S/c19-15-5-1-3-12-4-2-6-16(18(12)15)23-11-17(22)20-13-7-9-14(21)10-8-13/h1-6,13-14,21H,7-11H2,(H,20,22). The zero-order chi connectivity index (χ0) is 16.2. The summed E-state index contributed by atoms with van der Waals surface area (Å²) in [6.07, 6.45) is 3.07. The maximum atomic E-state index is 12.2. The highest BCUT2D eigenvalue weighted by molar-refractivity contribution is 8.00. The van der Waals surface area contributed by atoms with Crippen LogP contribution in [0.2, 0.25) is 5.02 Å². The Morgan fingerprint density at radius 1 is 1.17 bits per heavy atom. The van der Waals surface area contributed by atoms with E-state index < -0.39 is 0 Å². The monoisotopic (exact) mass is 349 g/mol. The first-order valence-electron chi connectivity index (χ1n) is 7.91. The van der Waals surface area contributed by atoms with Crippen LogP contribution >= 0.6 is 23.4 Å². The van der Waals surface area contributed by atoms with Gasteiger partial charge >= 0.3 is 0 Å². The highest BCUT2D eigenvalue weighted by atomic mass is 35.5. The molecule has 2 aromatic carbocycles. The molecule has 3 nitrogen and oxygen atoms in total. The van der Waals surface area contributed by atoms with Crippen molar-refractivity contribution in [2.45, 2.75) is 42.7 Å². The van der Waals surface area contributed by atoms with Crippen molar-refractivity contribution >= 4 is 40.0 Å². The molecule has 0 spiro atoms. The first-order valence-corrected chi connectivity index (χ1v) is 9.27. The molecule has 1 amide bonds. The summed E-state index contributed by atoms with van der Waals surface area (Å²) in [6.45, 7) is 0. The average Bonchev–Trinajstić information content (AvgIpc) is 2.55. The summed E-state index contributed by atoms with van der Waals surface area (Å²) in [6, 6.07) is 12.1. The summed E-state index contributed by atoms with van der Waals surface area (Å²) in [5, 5.41) is 15.4. The number of aliphatic hydroxyl groups excluding tert-OH is 1. The van der Waals surface area contributed by atoms with Gasteiger partial charge in [0.15, 0.2) is 0 Å². The Morgan fingerprint density at radius 3 is 2.61 bits per heavy atom. The van der Waals surface area contributed by atoms with Gasteiger partial charge in [-0.15, -0.1) is 11.8 Å².